The molecule has 2 aliphatic heterocycles. The lowest BCUT2D eigenvalue weighted by atomic mass is 9.94. The van der Waals surface area contributed by atoms with E-state index in [2.05, 4.69) is 22.8 Å². The predicted octanol–water partition coefficient (Wildman–Crippen LogP) is 2.79. The van der Waals surface area contributed by atoms with Crippen molar-refractivity contribution in [2.24, 2.45) is 5.92 Å². The third-order valence-corrected chi connectivity index (χ3v) is 6.32. The molecule has 0 aliphatic carbocycles. The number of nitrogens with one attached hydrogen (secondary N) is 1. The van der Waals surface area contributed by atoms with E-state index in [1.807, 2.05) is 4.90 Å². The fourth-order valence-electron chi connectivity index (χ4n) is 3.24. The predicted molar refractivity (Wildman–Crippen MR) is 80.1 cm³/mol. The van der Waals surface area contributed by atoms with E-state index in [-0.39, 0.29) is 5.91 Å². The molecule has 19 heavy (non-hydrogen) atoms. The molecular formula is C14H16N2OS2. The SMILES string of the molecule is O=C(c1cc2sccc2s1)N1C[C@@H]2CCCN[C@@H]2C1. The van der Waals surface area contributed by atoms with Gasteiger partial charge >= 0.3 is 0 Å². The minimum atomic E-state index is 0.226. The zero-order valence-corrected chi connectivity index (χ0v) is 12.2. The maximum Gasteiger partial charge on any atom is 0.264 e. The first-order chi connectivity index (χ1) is 9.31. The van der Waals surface area contributed by atoms with Gasteiger partial charge in [-0.15, -0.1) is 22.7 Å². The van der Waals surface area contributed by atoms with E-state index in [0.717, 1.165) is 24.5 Å². The van der Waals surface area contributed by atoms with Gasteiger partial charge in [0.2, 0.25) is 0 Å². The van der Waals surface area contributed by atoms with Crippen molar-refractivity contribution in [2.45, 2.75) is 18.9 Å². The number of hydrogen-bond donors (Lipinski definition) is 1. The lowest BCUT2D eigenvalue weighted by Gasteiger charge is -2.24. The Labute approximate surface area is 120 Å². The first kappa shape index (κ1) is 11.9. The second-order valence-corrected chi connectivity index (χ2v) is 7.46. The normalized spacial score (nSPS) is 26.8. The van der Waals surface area contributed by atoms with Crippen LogP contribution >= 0.6 is 22.7 Å². The molecule has 0 spiro atoms. The van der Waals surface area contributed by atoms with Crippen molar-refractivity contribution in [1.82, 2.24) is 10.2 Å². The molecule has 2 saturated heterocycles. The van der Waals surface area contributed by atoms with Crippen molar-refractivity contribution >= 4 is 38.0 Å². The maximum absolute atomic E-state index is 12.6. The smallest absolute Gasteiger partial charge is 0.264 e. The van der Waals surface area contributed by atoms with Gasteiger partial charge in [0.05, 0.1) is 4.88 Å². The van der Waals surface area contributed by atoms with E-state index in [9.17, 15) is 4.79 Å². The Morgan fingerprint density at radius 2 is 2.32 bits per heavy atom. The second kappa shape index (κ2) is 4.58. The summed E-state index contributed by atoms with van der Waals surface area (Å²) in [5, 5.41) is 5.64. The molecule has 100 valence electrons. The molecule has 0 unspecified atom stereocenters. The van der Waals surface area contributed by atoms with Crippen LogP contribution in [0, 0.1) is 5.92 Å². The number of amides is 1. The van der Waals surface area contributed by atoms with E-state index in [4.69, 9.17) is 0 Å². The maximum atomic E-state index is 12.6. The largest absolute Gasteiger partial charge is 0.336 e. The van der Waals surface area contributed by atoms with Crippen LogP contribution in [0.1, 0.15) is 22.5 Å². The summed E-state index contributed by atoms with van der Waals surface area (Å²) in [5.74, 6) is 0.892. The van der Waals surface area contributed by atoms with Gasteiger partial charge in [-0.3, -0.25) is 4.79 Å². The third kappa shape index (κ3) is 2.00. The minimum Gasteiger partial charge on any atom is -0.336 e. The first-order valence-electron chi connectivity index (χ1n) is 6.81. The van der Waals surface area contributed by atoms with Gasteiger partial charge in [0.25, 0.3) is 5.91 Å². The number of likely N-dealkylation sites (tertiary alicyclic amines) is 1. The van der Waals surface area contributed by atoms with E-state index < -0.39 is 0 Å². The van der Waals surface area contributed by atoms with Crippen LogP contribution in [-0.4, -0.2) is 36.5 Å². The molecule has 0 aromatic carbocycles. The summed E-state index contributed by atoms with van der Waals surface area (Å²) in [6, 6.07) is 4.69. The first-order valence-corrected chi connectivity index (χ1v) is 8.50. The second-order valence-electron chi connectivity index (χ2n) is 5.43. The van der Waals surface area contributed by atoms with Crippen LogP contribution in [0.5, 0.6) is 0 Å². The summed E-state index contributed by atoms with van der Waals surface area (Å²) in [4.78, 5) is 15.5. The standard InChI is InChI=1S/C14H16N2OS2/c17-14(13-6-12-11(19-13)3-5-18-12)16-7-9-2-1-4-15-10(9)8-16/h3,5-6,9-10,15H,1-2,4,7-8H2/t9-,10+/m0/s1. The summed E-state index contributed by atoms with van der Waals surface area (Å²) in [5.41, 5.74) is 0. The average molecular weight is 292 g/mol. The Hall–Kier alpha value is -0.910. The van der Waals surface area contributed by atoms with Gasteiger partial charge in [-0.2, -0.15) is 0 Å². The Morgan fingerprint density at radius 3 is 3.16 bits per heavy atom. The van der Waals surface area contributed by atoms with Gasteiger partial charge in [-0.1, -0.05) is 0 Å². The average Bonchev–Trinajstić information content (AvgIpc) is 3.10. The lowest BCUT2D eigenvalue weighted by Crippen LogP contribution is -2.41. The highest BCUT2D eigenvalue weighted by molar-refractivity contribution is 7.27. The van der Waals surface area contributed by atoms with Crippen molar-refractivity contribution in [3.8, 4) is 0 Å². The van der Waals surface area contributed by atoms with Crippen LogP contribution in [0.4, 0.5) is 0 Å². The highest BCUT2D eigenvalue weighted by Crippen LogP contribution is 2.32. The van der Waals surface area contributed by atoms with Gasteiger partial charge in [0.15, 0.2) is 0 Å². The third-order valence-electron chi connectivity index (χ3n) is 4.24. The number of carbonyl (C=O) groups excluding carboxylic acids is 1. The van der Waals surface area contributed by atoms with Gasteiger partial charge in [-0.25, -0.2) is 0 Å². The van der Waals surface area contributed by atoms with E-state index in [1.165, 1.54) is 22.2 Å². The van der Waals surface area contributed by atoms with Crippen molar-refractivity contribution < 1.29 is 4.79 Å². The van der Waals surface area contributed by atoms with Crippen molar-refractivity contribution in [3.05, 3.63) is 22.4 Å². The van der Waals surface area contributed by atoms with Crippen LogP contribution < -0.4 is 5.32 Å². The minimum absolute atomic E-state index is 0.226. The molecular weight excluding hydrogens is 276 g/mol. The highest BCUT2D eigenvalue weighted by atomic mass is 32.1. The number of carbonyl (C=O) groups is 1. The summed E-state index contributed by atoms with van der Waals surface area (Å²) >= 11 is 3.35. The molecule has 4 rings (SSSR count). The number of rotatable bonds is 1. The highest BCUT2D eigenvalue weighted by Gasteiger charge is 2.36. The topological polar surface area (TPSA) is 32.3 Å². The number of piperidine rings is 1. The molecule has 0 bridgehead atoms. The van der Waals surface area contributed by atoms with Gasteiger partial charge in [0, 0.05) is 28.5 Å². The molecule has 2 atom stereocenters. The molecule has 2 aromatic heterocycles. The summed E-state index contributed by atoms with van der Waals surface area (Å²) in [7, 11) is 0. The van der Waals surface area contributed by atoms with Crippen LogP contribution in [0.2, 0.25) is 0 Å². The zero-order chi connectivity index (χ0) is 12.8. The number of hydrogen-bond acceptors (Lipinski definition) is 4. The van der Waals surface area contributed by atoms with Crippen molar-refractivity contribution in [1.29, 1.82) is 0 Å². The number of fused-ring (bicyclic) bond motifs is 2. The van der Waals surface area contributed by atoms with Gasteiger partial charge in [-0.05, 0) is 42.8 Å². The molecule has 4 heterocycles. The van der Waals surface area contributed by atoms with Gasteiger partial charge in [0.1, 0.15) is 0 Å². The summed E-state index contributed by atoms with van der Waals surface area (Å²) in [6.07, 6.45) is 2.51. The number of nitrogens with zero attached hydrogens (tertiary/aromatic N) is 1. The Kier molecular flexibility index (Phi) is 2.86. The fourth-order valence-corrected chi connectivity index (χ4v) is 5.32. The van der Waals surface area contributed by atoms with Crippen LogP contribution in [0.15, 0.2) is 17.5 Å². The quantitative estimate of drug-likeness (QED) is 0.876. The molecule has 1 amide bonds. The van der Waals surface area contributed by atoms with Crippen LogP contribution in [0.25, 0.3) is 9.40 Å². The molecule has 5 heteroatoms. The monoisotopic (exact) mass is 292 g/mol. The van der Waals surface area contributed by atoms with E-state index >= 15 is 0 Å². The molecule has 2 aliphatic rings. The Morgan fingerprint density at radius 1 is 1.37 bits per heavy atom. The molecule has 0 saturated carbocycles. The lowest BCUT2D eigenvalue weighted by molar-refractivity contribution is 0.0790. The number of thiophene rings is 2. The van der Waals surface area contributed by atoms with E-state index in [1.54, 1.807) is 22.7 Å². The van der Waals surface area contributed by atoms with Crippen molar-refractivity contribution in [2.75, 3.05) is 19.6 Å². The van der Waals surface area contributed by atoms with Gasteiger partial charge < -0.3 is 10.2 Å². The molecule has 2 fully saturated rings. The fraction of sp³-hybridized carbons (Fsp3) is 0.500. The molecule has 3 nitrogen and oxygen atoms in total. The Bertz CT molecular complexity index is 575. The Balaban J connectivity index is 1.56. The molecule has 0 radical (unpaired) electrons. The molecule has 2 aromatic rings. The van der Waals surface area contributed by atoms with Crippen molar-refractivity contribution in [3.63, 3.8) is 0 Å². The summed E-state index contributed by atoms with van der Waals surface area (Å²) in [6.45, 7) is 2.93. The zero-order valence-electron chi connectivity index (χ0n) is 10.6. The summed E-state index contributed by atoms with van der Waals surface area (Å²) < 4.78 is 2.48. The van der Waals surface area contributed by atoms with E-state index in [0.29, 0.717) is 12.0 Å². The van der Waals surface area contributed by atoms with Crippen LogP contribution in [0.3, 0.4) is 0 Å². The van der Waals surface area contributed by atoms with Crippen LogP contribution in [-0.2, 0) is 0 Å². The molecule has 1 N–H and O–H groups in total.